The fourth-order valence-electron chi connectivity index (χ4n) is 1.69. The molecule has 2 atom stereocenters. The molecule has 0 nitrogen and oxygen atoms in total. The van der Waals surface area contributed by atoms with E-state index in [9.17, 15) is 0 Å². The molecule has 0 amide bonds. The quantitative estimate of drug-likeness (QED) is 0.395. The van der Waals surface area contributed by atoms with E-state index in [1.54, 1.807) is 0 Å². The van der Waals surface area contributed by atoms with Gasteiger partial charge in [0.15, 0.2) is 0 Å². The number of hydrogen-bond acceptors (Lipinski definition) is 0. The van der Waals surface area contributed by atoms with Gasteiger partial charge in [-0.2, -0.15) is 0 Å². The Morgan fingerprint density at radius 3 is 1.73 bits per heavy atom. The maximum atomic E-state index is 6.01. The van der Waals surface area contributed by atoms with Gasteiger partial charge in [-0.05, 0) is 11.8 Å². The molecule has 0 spiro atoms. The fourth-order valence-corrected chi connectivity index (χ4v) is 1.69. The second-order valence-corrected chi connectivity index (χ2v) is 5.77. The summed E-state index contributed by atoms with van der Waals surface area (Å²) in [4.78, 5) is 0. The van der Waals surface area contributed by atoms with E-state index >= 15 is 0 Å². The van der Waals surface area contributed by atoms with Gasteiger partial charge in [0.1, 0.15) is 0 Å². The van der Waals surface area contributed by atoms with E-state index in [1.165, 1.54) is 32.1 Å². The van der Waals surface area contributed by atoms with Gasteiger partial charge in [-0.25, -0.2) is 0 Å². The Balaban J connectivity index is 3.32. The zero-order valence-electron chi connectivity index (χ0n) is 11.4. The van der Waals surface area contributed by atoms with E-state index in [0.29, 0.717) is 11.7 Å². The first-order chi connectivity index (χ1) is 6.95. The van der Waals surface area contributed by atoms with E-state index in [-0.39, 0.29) is 0 Å². The molecule has 0 heterocycles. The summed E-state index contributed by atoms with van der Waals surface area (Å²) >= 11 is 0. The average Bonchev–Trinajstić information content (AvgIpc) is 2.16. The third-order valence-electron chi connectivity index (χ3n) is 3.69. The molecule has 0 bridgehead atoms. The van der Waals surface area contributed by atoms with Gasteiger partial charge in [0.05, 0.1) is 7.85 Å². The molecule has 0 N–H and O–H groups in total. The summed E-state index contributed by atoms with van der Waals surface area (Å²) in [7, 11) is 6.01. The Morgan fingerprint density at radius 1 is 0.733 bits per heavy atom. The lowest BCUT2D eigenvalue weighted by Crippen LogP contribution is -2.04. The van der Waals surface area contributed by atoms with Crippen LogP contribution in [-0.4, -0.2) is 7.85 Å². The molecule has 0 aliphatic carbocycles. The zero-order valence-corrected chi connectivity index (χ0v) is 11.4. The van der Waals surface area contributed by atoms with Gasteiger partial charge in [-0.15, -0.1) is 0 Å². The van der Waals surface area contributed by atoms with Gasteiger partial charge in [-0.1, -0.05) is 78.5 Å². The van der Waals surface area contributed by atoms with Crippen LogP contribution in [0, 0.1) is 17.8 Å². The molecule has 0 aromatic heterocycles. The first-order valence-corrected chi connectivity index (χ1v) is 6.70. The van der Waals surface area contributed by atoms with Gasteiger partial charge in [0.25, 0.3) is 0 Å². The minimum Gasteiger partial charge on any atom is -0.0751 e. The van der Waals surface area contributed by atoms with Crippen LogP contribution < -0.4 is 0 Å². The summed E-state index contributed by atoms with van der Waals surface area (Å²) in [5.41, 5.74) is 0. The first-order valence-electron chi connectivity index (χ1n) is 6.70. The topological polar surface area (TPSA) is 0 Å². The van der Waals surface area contributed by atoms with Gasteiger partial charge in [0, 0.05) is 0 Å². The van der Waals surface area contributed by atoms with Crippen molar-refractivity contribution in [1.82, 2.24) is 0 Å². The Kier molecular flexibility index (Phi) is 8.28. The predicted octanol–water partition coefficient (Wildman–Crippen LogP) is 4.84. The maximum absolute atomic E-state index is 6.01. The molecule has 2 radical (unpaired) electrons. The van der Waals surface area contributed by atoms with Gasteiger partial charge < -0.3 is 0 Å². The standard InChI is InChI=1S/C14H29B/c1-11(2)13(5)9-7-6-8-10-14(15)12(3)4/h11-14H,6-10H2,1-5H3/t13?,14-/m0/s1. The van der Waals surface area contributed by atoms with Crippen molar-refractivity contribution >= 4 is 7.85 Å². The lowest BCUT2D eigenvalue weighted by molar-refractivity contribution is 0.373. The highest BCUT2D eigenvalue weighted by molar-refractivity contribution is 6.11. The van der Waals surface area contributed by atoms with Crippen LogP contribution >= 0.6 is 0 Å². The molecule has 0 aromatic rings. The second-order valence-electron chi connectivity index (χ2n) is 5.77. The van der Waals surface area contributed by atoms with Crippen LogP contribution in [0.2, 0.25) is 5.82 Å². The smallest absolute Gasteiger partial charge is 0.0703 e. The number of hydrogen-bond donors (Lipinski definition) is 0. The summed E-state index contributed by atoms with van der Waals surface area (Å²) in [6.45, 7) is 11.4. The van der Waals surface area contributed by atoms with Crippen molar-refractivity contribution in [1.29, 1.82) is 0 Å². The van der Waals surface area contributed by atoms with E-state index in [4.69, 9.17) is 7.85 Å². The van der Waals surface area contributed by atoms with Crippen molar-refractivity contribution < 1.29 is 0 Å². The normalized spacial score (nSPS) is 15.9. The highest BCUT2D eigenvalue weighted by Crippen LogP contribution is 2.22. The molecular weight excluding hydrogens is 179 g/mol. The number of rotatable bonds is 8. The van der Waals surface area contributed by atoms with E-state index < -0.39 is 0 Å². The van der Waals surface area contributed by atoms with Crippen molar-refractivity contribution in [2.24, 2.45) is 17.8 Å². The van der Waals surface area contributed by atoms with Crippen molar-refractivity contribution in [3.63, 3.8) is 0 Å². The highest BCUT2D eigenvalue weighted by atomic mass is 14.1. The maximum Gasteiger partial charge on any atom is 0.0703 e. The van der Waals surface area contributed by atoms with Crippen LogP contribution in [0.25, 0.3) is 0 Å². The molecule has 1 heteroatoms. The monoisotopic (exact) mass is 208 g/mol. The minimum atomic E-state index is 0.410. The highest BCUT2D eigenvalue weighted by Gasteiger charge is 2.08. The molecule has 0 saturated carbocycles. The SMILES string of the molecule is [B][C@@H](CCCCCC(C)C(C)C)C(C)C. The van der Waals surface area contributed by atoms with Crippen LogP contribution in [-0.2, 0) is 0 Å². The average molecular weight is 208 g/mol. The predicted molar refractivity (Wildman–Crippen MR) is 71.4 cm³/mol. The molecule has 0 aliphatic rings. The molecule has 1 unspecified atom stereocenters. The molecule has 0 aliphatic heterocycles. The first kappa shape index (κ1) is 15.1. The Morgan fingerprint density at radius 2 is 1.27 bits per heavy atom. The molecule has 15 heavy (non-hydrogen) atoms. The van der Waals surface area contributed by atoms with Gasteiger partial charge in [-0.3, -0.25) is 0 Å². The zero-order chi connectivity index (χ0) is 11.8. The number of unbranched alkanes of at least 4 members (excludes halogenated alkanes) is 2. The molecule has 0 saturated heterocycles. The van der Waals surface area contributed by atoms with Crippen molar-refractivity contribution in [2.75, 3.05) is 0 Å². The molecular formula is C14H29B. The largest absolute Gasteiger partial charge is 0.0751 e. The van der Waals surface area contributed by atoms with Crippen LogP contribution in [0.15, 0.2) is 0 Å². The molecule has 0 aromatic carbocycles. The molecule has 0 rings (SSSR count). The third-order valence-corrected chi connectivity index (χ3v) is 3.69. The van der Waals surface area contributed by atoms with Crippen molar-refractivity contribution in [3.05, 3.63) is 0 Å². The van der Waals surface area contributed by atoms with Gasteiger partial charge >= 0.3 is 0 Å². The van der Waals surface area contributed by atoms with Crippen LogP contribution in [0.1, 0.15) is 66.7 Å². The van der Waals surface area contributed by atoms with Crippen molar-refractivity contribution in [2.45, 2.75) is 72.5 Å². The second kappa shape index (κ2) is 8.24. The third kappa shape index (κ3) is 7.93. The minimum absolute atomic E-state index is 0.410. The summed E-state index contributed by atoms with van der Waals surface area (Å²) in [6.07, 6.45) is 6.63. The summed E-state index contributed by atoms with van der Waals surface area (Å²) < 4.78 is 0. The van der Waals surface area contributed by atoms with Crippen molar-refractivity contribution in [3.8, 4) is 0 Å². The lowest BCUT2D eigenvalue weighted by Gasteiger charge is -2.17. The summed E-state index contributed by atoms with van der Waals surface area (Å²) in [5, 5.41) is 0. The van der Waals surface area contributed by atoms with Crippen LogP contribution in [0.4, 0.5) is 0 Å². The summed E-state index contributed by atoms with van der Waals surface area (Å²) in [6, 6.07) is 0. The molecule has 0 fully saturated rings. The van der Waals surface area contributed by atoms with E-state index in [1.807, 2.05) is 0 Å². The molecule has 88 valence electrons. The Labute approximate surface area is 98.6 Å². The lowest BCUT2D eigenvalue weighted by atomic mass is 9.75. The fraction of sp³-hybridized carbons (Fsp3) is 1.00. The van der Waals surface area contributed by atoms with Gasteiger partial charge in [0.2, 0.25) is 0 Å². The summed E-state index contributed by atoms with van der Waals surface area (Å²) in [5.74, 6) is 2.76. The van der Waals surface area contributed by atoms with E-state index in [0.717, 1.165) is 11.8 Å². The Hall–Kier alpha value is 0.0649. The van der Waals surface area contributed by atoms with Crippen LogP contribution in [0.5, 0.6) is 0 Å². The Bertz CT molecular complexity index is 124. The van der Waals surface area contributed by atoms with Crippen LogP contribution in [0.3, 0.4) is 0 Å². The van der Waals surface area contributed by atoms with E-state index in [2.05, 4.69) is 34.6 Å².